The monoisotopic (exact) mass is 406 g/mol. The Labute approximate surface area is 168 Å². The molecule has 2 aromatic heterocycles. The fraction of sp³-hybridized carbons (Fsp3) is 0.316. The first-order valence-corrected chi connectivity index (χ1v) is 8.97. The van der Waals surface area contributed by atoms with Crippen LogP contribution in [0, 0.1) is 0 Å². The minimum atomic E-state index is -0.138. The van der Waals surface area contributed by atoms with Crippen LogP contribution in [0.5, 0.6) is 0 Å². The molecule has 0 aliphatic carbocycles. The van der Waals surface area contributed by atoms with Gasteiger partial charge in [-0.15, -0.1) is 12.4 Å². The number of aryl methyl sites for hydroxylation is 1. The van der Waals surface area contributed by atoms with E-state index in [1.807, 2.05) is 18.2 Å². The van der Waals surface area contributed by atoms with Gasteiger partial charge in [0.05, 0.1) is 0 Å². The molecule has 142 valence electrons. The van der Waals surface area contributed by atoms with Gasteiger partial charge in [-0.3, -0.25) is 9.36 Å². The molecule has 8 heteroatoms. The number of hydrogen-bond donors (Lipinski definition) is 1. The van der Waals surface area contributed by atoms with Gasteiger partial charge in [-0.05, 0) is 25.0 Å². The Morgan fingerprint density at radius 2 is 1.96 bits per heavy atom. The number of rotatable bonds is 3. The summed E-state index contributed by atoms with van der Waals surface area (Å²) in [5, 5.41) is 4.67. The number of halogens is 2. The van der Waals surface area contributed by atoms with Crippen LogP contribution in [-0.2, 0) is 11.8 Å². The van der Waals surface area contributed by atoms with Crippen LogP contribution >= 0.6 is 24.0 Å². The maximum Gasteiger partial charge on any atom is 0.259 e. The van der Waals surface area contributed by atoms with E-state index >= 15 is 0 Å². The first-order chi connectivity index (χ1) is 12.6. The van der Waals surface area contributed by atoms with Gasteiger partial charge in [0.1, 0.15) is 5.65 Å². The van der Waals surface area contributed by atoms with E-state index < -0.39 is 0 Å². The molecule has 4 rings (SSSR count). The summed E-state index contributed by atoms with van der Waals surface area (Å²) in [6.45, 7) is 1.48. The largest absolute Gasteiger partial charge is 0.381 e. The molecule has 0 bridgehead atoms. The summed E-state index contributed by atoms with van der Waals surface area (Å²) in [5.41, 5.74) is 1.71. The number of aromatic nitrogens is 3. The number of nitrogens with one attached hydrogen (secondary N) is 1. The maximum atomic E-state index is 12.8. The summed E-state index contributed by atoms with van der Waals surface area (Å²) in [5.74, 6) is 0.532. The molecule has 0 unspecified atom stereocenters. The van der Waals surface area contributed by atoms with Crippen molar-refractivity contribution < 1.29 is 4.74 Å². The molecule has 6 nitrogen and oxygen atoms in total. The third-order valence-corrected chi connectivity index (χ3v) is 5.00. The van der Waals surface area contributed by atoms with Gasteiger partial charge < -0.3 is 10.1 Å². The summed E-state index contributed by atoms with van der Waals surface area (Å²) in [6, 6.07) is 9.42. The van der Waals surface area contributed by atoms with Crippen molar-refractivity contribution in [3.05, 3.63) is 51.9 Å². The summed E-state index contributed by atoms with van der Waals surface area (Å²) in [7, 11) is 1.72. The van der Waals surface area contributed by atoms with Crippen molar-refractivity contribution in [1.82, 2.24) is 14.5 Å². The van der Waals surface area contributed by atoms with E-state index in [9.17, 15) is 4.79 Å². The van der Waals surface area contributed by atoms with Crippen LogP contribution in [-0.4, -0.2) is 33.8 Å². The highest BCUT2D eigenvalue weighted by atomic mass is 35.5. The molecule has 0 saturated carbocycles. The second-order valence-corrected chi connectivity index (χ2v) is 6.81. The van der Waals surface area contributed by atoms with E-state index in [4.69, 9.17) is 16.3 Å². The Kier molecular flexibility index (Phi) is 5.99. The Morgan fingerprint density at radius 1 is 1.22 bits per heavy atom. The van der Waals surface area contributed by atoms with Crippen LogP contribution in [0.15, 0.2) is 41.3 Å². The fourth-order valence-electron chi connectivity index (χ4n) is 3.21. The summed E-state index contributed by atoms with van der Waals surface area (Å²) in [4.78, 5) is 21.8. The lowest BCUT2D eigenvalue weighted by molar-refractivity contribution is 0.0903. The van der Waals surface area contributed by atoms with Gasteiger partial charge in [-0.25, -0.2) is 4.98 Å². The second kappa shape index (κ2) is 8.25. The van der Waals surface area contributed by atoms with Crippen LogP contribution < -0.4 is 10.9 Å². The molecule has 1 saturated heterocycles. The molecule has 3 aromatic rings. The normalized spacial score (nSPS) is 14.7. The second-order valence-electron chi connectivity index (χ2n) is 6.41. The zero-order valence-corrected chi connectivity index (χ0v) is 16.4. The smallest absolute Gasteiger partial charge is 0.259 e. The first kappa shape index (κ1) is 19.6. The molecule has 1 fully saturated rings. The molecular weight excluding hydrogens is 387 g/mol. The predicted octanol–water partition coefficient (Wildman–Crippen LogP) is 3.66. The lowest BCUT2D eigenvalue weighted by atomic mass is 10.1. The highest BCUT2D eigenvalue weighted by Gasteiger charge is 2.16. The van der Waals surface area contributed by atoms with Crippen molar-refractivity contribution in [1.29, 1.82) is 0 Å². The summed E-state index contributed by atoms with van der Waals surface area (Å²) in [6.07, 6.45) is 3.58. The van der Waals surface area contributed by atoms with Gasteiger partial charge in [-0.1, -0.05) is 29.8 Å². The van der Waals surface area contributed by atoms with Crippen LogP contribution in [0.3, 0.4) is 0 Å². The van der Waals surface area contributed by atoms with Gasteiger partial charge in [-0.2, -0.15) is 4.98 Å². The number of hydrogen-bond acceptors (Lipinski definition) is 5. The van der Waals surface area contributed by atoms with Crippen LogP contribution in [0.25, 0.3) is 22.2 Å². The standard InChI is InChI=1S/C19H19ClN4O2.ClH/c1-24-17-12(10-15(18(24)25)14-4-2-3-5-16(14)20)11-21-19(23-17)22-13-6-8-26-9-7-13;/h2-5,10-11,13H,6-9H2,1H3,(H,21,22,23);1H. The van der Waals surface area contributed by atoms with Crippen LogP contribution in [0.1, 0.15) is 12.8 Å². The Bertz CT molecular complexity index is 1020. The molecule has 1 aliphatic heterocycles. The molecule has 0 spiro atoms. The maximum absolute atomic E-state index is 12.8. The van der Waals surface area contributed by atoms with E-state index in [-0.39, 0.29) is 18.0 Å². The van der Waals surface area contributed by atoms with Crippen molar-refractivity contribution >= 4 is 41.0 Å². The quantitative estimate of drug-likeness (QED) is 0.718. The molecule has 0 atom stereocenters. The molecule has 0 amide bonds. The number of nitrogens with zero attached hydrogens (tertiary/aromatic N) is 3. The van der Waals surface area contributed by atoms with Gasteiger partial charge in [0.15, 0.2) is 0 Å². The molecule has 3 heterocycles. The molecule has 27 heavy (non-hydrogen) atoms. The third kappa shape index (κ3) is 3.93. The zero-order valence-electron chi connectivity index (χ0n) is 14.8. The van der Waals surface area contributed by atoms with E-state index in [0.29, 0.717) is 33.8 Å². The van der Waals surface area contributed by atoms with Gasteiger partial charge in [0.25, 0.3) is 5.56 Å². The van der Waals surface area contributed by atoms with Crippen molar-refractivity contribution in [2.24, 2.45) is 7.05 Å². The molecule has 1 aromatic carbocycles. The Hall–Kier alpha value is -2.15. The average Bonchev–Trinajstić information content (AvgIpc) is 2.66. The molecule has 1 aliphatic rings. The van der Waals surface area contributed by atoms with Gasteiger partial charge in [0.2, 0.25) is 5.95 Å². The minimum Gasteiger partial charge on any atom is -0.381 e. The highest BCUT2D eigenvalue weighted by molar-refractivity contribution is 6.33. The highest BCUT2D eigenvalue weighted by Crippen LogP contribution is 2.27. The number of benzene rings is 1. The summed E-state index contributed by atoms with van der Waals surface area (Å²) >= 11 is 6.27. The zero-order chi connectivity index (χ0) is 18.1. The minimum absolute atomic E-state index is 0. The average molecular weight is 407 g/mol. The van der Waals surface area contributed by atoms with E-state index in [1.54, 1.807) is 29.9 Å². The van der Waals surface area contributed by atoms with Crippen LogP contribution in [0.2, 0.25) is 5.02 Å². The lowest BCUT2D eigenvalue weighted by Crippen LogP contribution is -2.29. The lowest BCUT2D eigenvalue weighted by Gasteiger charge is -2.23. The number of anilines is 1. The fourth-order valence-corrected chi connectivity index (χ4v) is 3.45. The Morgan fingerprint density at radius 3 is 2.70 bits per heavy atom. The predicted molar refractivity (Wildman–Crippen MR) is 110 cm³/mol. The first-order valence-electron chi connectivity index (χ1n) is 8.59. The number of fused-ring (bicyclic) bond motifs is 1. The number of ether oxygens (including phenoxy) is 1. The Balaban J connectivity index is 0.00000210. The topological polar surface area (TPSA) is 69.0 Å². The number of pyridine rings is 1. The molecular formula is C19H20Cl2N4O2. The molecule has 0 radical (unpaired) electrons. The van der Waals surface area contributed by atoms with E-state index in [1.165, 1.54) is 0 Å². The van der Waals surface area contributed by atoms with Crippen molar-refractivity contribution in [3.63, 3.8) is 0 Å². The van der Waals surface area contributed by atoms with Crippen LogP contribution in [0.4, 0.5) is 5.95 Å². The van der Waals surface area contributed by atoms with Crippen molar-refractivity contribution in [2.45, 2.75) is 18.9 Å². The summed E-state index contributed by atoms with van der Waals surface area (Å²) < 4.78 is 6.92. The van der Waals surface area contributed by atoms with Gasteiger partial charge >= 0.3 is 0 Å². The third-order valence-electron chi connectivity index (χ3n) is 4.67. The van der Waals surface area contributed by atoms with Gasteiger partial charge in [0, 0.05) is 54.0 Å². The van der Waals surface area contributed by atoms with Crippen molar-refractivity contribution in [2.75, 3.05) is 18.5 Å². The SMILES string of the molecule is Cl.Cn1c(=O)c(-c2ccccc2Cl)cc2cnc(NC3CCOCC3)nc21. The van der Waals surface area contributed by atoms with E-state index in [0.717, 1.165) is 31.4 Å². The molecule has 1 N–H and O–H groups in total. The van der Waals surface area contributed by atoms with Crippen molar-refractivity contribution in [3.8, 4) is 11.1 Å². The van der Waals surface area contributed by atoms with E-state index in [2.05, 4.69) is 15.3 Å².